The molecule has 1 aliphatic carbocycles. The highest BCUT2D eigenvalue weighted by Gasteiger charge is 2.29. The number of carbonyl (C=O) groups excluding carboxylic acids is 2. The highest BCUT2D eigenvalue weighted by atomic mass is 32.1. The Morgan fingerprint density at radius 1 is 1.24 bits per heavy atom. The highest BCUT2D eigenvalue weighted by molar-refractivity contribution is 7.17. The number of hydrogen-bond donors (Lipinski definition) is 2. The van der Waals surface area contributed by atoms with Gasteiger partial charge in [0.25, 0.3) is 5.91 Å². The largest absolute Gasteiger partial charge is 0.462 e. The topological polar surface area (TPSA) is 59.8 Å². The van der Waals surface area contributed by atoms with Crippen molar-refractivity contribution in [2.75, 3.05) is 25.0 Å². The molecule has 0 saturated carbocycles. The molecule has 0 radical (unpaired) electrons. The zero-order valence-electron chi connectivity index (χ0n) is 17.5. The lowest BCUT2D eigenvalue weighted by atomic mass is 9.88. The van der Waals surface area contributed by atoms with Gasteiger partial charge in [-0.1, -0.05) is 37.3 Å². The summed E-state index contributed by atoms with van der Waals surface area (Å²) >= 11 is 1.54. The highest BCUT2D eigenvalue weighted by Crippen LogP contribution is 2.40. The maximum absolute atomic E-state index is 12.8. The SMILES string of the molecule is CCOC(=O)c1c(NC(=O)C[NH+](CC)Cc2ccccc2)sc2c1CCC(C)C2. The van der Waals surface area contributed by atoms with E-state index in [9.17, 15) is 9.59 Å². The Bertz CT molecular complexity index is 847. The minimum atomic E-state index is -0.321. The van der Waals surface area contributed by atoms with Gasteiger partial charge in [0.15, 0.2) is 6.54 Å². The van der Waals surface area contributed by atoms with Crippen LogP contribution in [0.15, 0.2) is 30.3 Å². The molecule has 0 saturated heterocycles. The van der Waals surface area contributed by atoms with Crippen LogP contribution in [0.1, 0.15) is 53.6 Å². The summed E-state index contributed by atoms with van der Waals surface area (Å²) in [6, 6.07) is 10.2. The number of hydrogen-bond acceptors (Lipinski definition) is 4. The van der Waals surface area contributed by atoms with Crippen LogP contribution >= 0.6 is 11.3 Å². The zero-order valence-corrected chi connectivity index (χ0v) is 18.4. The maximum atomic E-state index is 12.8. The lowest BCUT2D eigenvalue weighted by molar-refractivity contribution is -0.903. The lowest BCUT2D eigenvalue weighted by Crippen LogP contribution is -3.11. The first kappa shape index (κ1) is 21.5. The van der Waals surface area contributed by atoms with E-state index in [0.717, 1.165) is 37.9 Å². The molecule has 1 amide bonds. The Morgan fingerprint density at radius 3 is 2.69 bits per heavy atom. The van der Waals surface area contributed by atoms with Crippen molar-refractivity contribution in [1.82, 2.24) is 0 Å². The van der Waals surface area contributed by atoms with Gasteiger partial charge in [0, 0.05) is 10.4 Å². The summed E-state index contributed by atoms with van der Waals surface area (Å²) in [5, 5.41) is 3.69. The molecule has 0 fully saturated rings. The van der Waals surface area contributed by atoms with Gasteiger partial charge in [-0.15, -0.1) is 11.3 Å². The van der Waals surface area contributed by atoms with Gasteiger partial charge < -0.3 is 15.0 Å². The van der Waals surface area contributed by atoms with Crippen LogP contribution in [0.2, 0.25) is 0 Å². The molecule has 2 atom stereocenters. The third kappa shape index (κ3) is 5.46. The van der Waals surface area contributed by atoms with Crippen molar-refractivity contribution in [3.05, 3.63) is 51.9 Å². The molecule has 1 aliphatic rings. The van der Waals surface area contributed by atoms with Crippen LogP contribution in [0.5, 0.6) is 0 Å². The van der Waals surface area contributed by atoms with Gasteiger partial charge in [-0.25, -0.2) is 4.79 Å². The number of likely N-dealkylation sites (N-methyl/N-ethyl adjacent to an activating group) is 1. The van der Waals surface area contributed by atoms with E-state index in [2.05, 4.69) is 31.3 Å². The smallest absolute Gasteiger partial charge is 0.341 e. The molecule has 1 aromatic heterocycles. The zero-order chi connectivity index (χ0) is 20.8. The van der Waals surface area contributed by atoms with Crippen molar-refractivity contribution < 1.29 is 19.2 Å². The van der Waals surface area contributed by atoms with Crippen LogP contribution in [-0.2, 0) is 28.9 Å². The monoisotopic (exact) mass is 415 g/mol. The van der Waals surface area contributed by atoms with Gasteiger partial charge in [0.2, 0.25) is 0 Å². The second-order valence-corrected chi connectivity index (χ2v) is 8.87. The summed E-state index contributed by atoms with van der Waals surface area (Å²) < 4.78 is 5.29. The van der Waals surface area contributed by atoms with E-state index < -0.39 is 0 Å². The predicted molar refractivity (Wildman–Crippen MR) is 117 cm³/mol. The van der Waals surface area contributed by atoms with E-state index in [1.165, 1.54) is 15.3 Å². The molecule has 1 aromatic carbocycles. The minimum absolute atomic E-state index is 0.0602. The molecule has 1 heterocycles. The molecule has 3 rings (SSSR count). The van der Waals surface area contributed by atoms with Gasteiger partial charge in [0.05, 0.1) is 18.7 Å². The number of rotatable bonds is 8. The average molecular weight is 416 g/mol. The molecule has 29 heavy (non-hydrogen) atoms. The number of carbonyl (C=O) groups is 2. The first-order valence-electron chi connectivity index (χ1n) is 10.5. The Balaban J connectivity index is 1.74. The Kier molecular flexibility index (Phi) is 7.45. The number of fused-ring (bicyclic) bond motifs is 1. The van der Waals surface area contributed by atoms with E-state index in [-0.39, 0.29) is 11.9 Å². The standard InChI is InChI=1S/C23H30N2O3S/c1-4-25(14-17-9-7-6-8-10-17)15-20(26)24-22-21(23(27)28-5-2)18-12-11-16(3)13-19(18)29-22/h6-10,16H,4-5,11-15H2,1-3H3,(H,24,26)/p+1. The van der Waals surface area contributed by atoms with Crippen molar-refractivity contribution in [3.8, 4) is 0 Å². The summed E-state index contributed by atoms with van der Waals surface area (Å²) in [6.07, 6.45) is 2.90. The van der Waals surface area contributed by atoms with Gasteiger partial charge in [-0.05, 0) is 44.6 Å². The molecule has 0 bridgehead atoms. The Morgan fingerprint density at radius 2 is 2.00 bits per heavy atom. The van der Waals surface area contributed by atoms with E-state index in [1.54, 1.807) is 11.3 Å². The number of quaternary nitrogens is 1. The van der Waals surface area contributed by atoms with Crippen LogP contribution in [-0.4, -0.2) is 31.6 Å². The quantitative estimate of drug-likeness (QED) is 0.652. The first-order valence-corrected chi connectivity index (χ1v) is 11.3. The van der Waals surface area contributed by atoms with E-state index in [0.29, 0.717) is 29.6 Å². The van der Waals surface area contributed by atoms with Gasteiger partial charge in [0.1, 0.15) is 11.5 Å². The number of nitrogens with one attached hydrogen (secondary N) is 2. The summed E-state index contributed by atoms with van der Waals surface area (Å²) in [6.45, 7) is 8.48. The molecule has 0 aliphatic heterocycles. The molecule has 0 spiro atoms. The Labute approximate surface area is 177 Å². The van der Waals surface area contributed by atoms with Crippen molar-refractivity contribution in [3.63, 3.8) is 0 Å². The fraction of sp³-hybridized carbons (Fsp3) is 0.478. The molecule has 2 aromatic rings. The number of esters is 1. The fourth-order valence-corrected chi connectivity index (χ4v) is 5.27. The third-order valence-electron chi connectivity index (χ3n) is 5.45. The molecule has 6 heteroatoms. The van der Waals surface area contributed by atoms with E-state index in [1.807, 2.05) is 25.1 Å². The summed E-state index contributed by atoms with van der Waals surface area (Å²) in [5.74, 6) is 0.222. The van der Waals surface area contributed by atoms with Gasteiger partial charge in [-0.2, -0.15) is 0 Å². The van der Waals surface area contributed by atoms with Gasteiger partial charge >= 0.3 is 5.97 Å². The number of anilines is 1. The molecular formula is C23H31N2O3S+. The molecule has 156 valence electrons. The number of benzene rings is 1. The fourth-order valence-electron chi connectivity index (χ4n) is 3.85. The third-order valence-corrected chi connectivity index (χ3v) is 6.62. The number of thiophene rings is 1. The second kappa shape index (κ2) is 10.0. The summed E-state index contributed by atoms with van der Waals surface area (Å²) in [5.41, 5.74) is 2.86. The lowest BCUT2D eigenvalue weighted by Gasteiger charge is -2.18. The summed E-state index contributed by atoms with van der Waals surface area (Å²) in [4.78, 5) is 27.8. The van der Waals surface area contributed by atoms with Crippen molar-refractivity contribution in [2.45, 2.75) is 46.6 Å². The predicted octanol–water partition coefficient (Wildman–Crippen LogP) is 3.09. The number of amides is 1. The van der Waals surface area contributed by atoms with E-state index >= 15 is 0 Å². The van der Waals surface area contributed by atoms with Crippen LogP contribution in [0.25, 0.3) is 0 Å². The Hall–Kier alpha value is -2.18. The van der Waals surface area contributed by atoms with Crippen molar-refractivity contribution >= 4 is 28.2 Å². The maximum Gasteiger partial charge on any atom is 0.341 e. The van der Waals surface area contributed by atoms with Gasteiger partial charge in [-0.3, -0.25) is 4.79 Å². The minimum Gasteiger partial charge on any atom is -0.462 e. The average Bonchev–Trinajstić information content (AvgIpc) is 3.05. The van der Waals surface area contributed by atoms with E-state index in [4.69, 9.17) is 4.74 Å². The van der Waals surface area contributed by atoms with Crippen LogP contribution in [0.4, 0.5) is 5.00 Å². The van der Waals surface area contributed by atoms with Crippen LogP contribution in [0, 0.1) is 5.92 Å². The van der Waals surface area contributed by atoms with Crippen LogP contribution in [0.3, 0.4) is 0 Å². The molecular weight excluding hydrogens is 384 g/mol. The van der Waals surface area contributed by atoms with Crippen molar-refractivity contribution in [1.29, 1.82) is 0 Å². The van der Waals surface area contributed by atoms with Crippen molar-refractivity contribution in [2.24, 2.45) is 5.92 Å². The first-order chi connectivity index (χ1) is 14.0. The molecule has 2 unspecified atom stereocenters. The number of ether oxygens (including phenoxy) is 1. The van der Waals surface area contributed by atoms with Crippen LogP contribution < -0.4 is 10.2 Å². The summed E-state index contributed by atoms with van der Waals surface area (Å²) in [7, 11) is 0. The normalized spacial score (nSPS) is 16.7. The molecule has 5 nitrogen and oxygen atoms in total. The second-order valence-electron chi connectivity index (χ2n) is 7.77. The molecule has 2 N–H and O–H groups in total.